The van der Waals surface area contributed by atoms with E-state index in [1.165, 1.54) is 11.1 Å². The number of aryl methyl sites for hydroxylation is 1. The molecule has 0 aliphatic heterocycles. The van der Waals surface area contributed by atoms with Gasteiger partial charge in [-0.1, -0.05) is 23.7 Å². The topological polar surface area (TPSA) is 30.2 Å². The van der Waals surface area contributed by atoms with Crippen molar-refractivity contribution in [1.29, 1.82) is 0 Å². The Bertz CT molecular complexity index is 987. The molecule has 0 unspecified atom stereocenters. The van der Waals surface area contributed by atoms with Gasteiger partial charge in [-0.05, 0) is 47.7 Å². The van der Waals surface area contributed by atoms with E-state index in [-0.39, 0.29) is 0 Å². The van der Waals surface area contributed by atoms with E-state index in [0.29, 0.717) is 0 Å². The van der Waals surface area contributed by atoms with Crippen molar-refractivity contribution in [2.45, 2.75) is 13.3 Å². The van der Waals surface area contributed by atoms with E-state index < -0.39 is 0 Å². The number of aromatic nitrogens is 3. The van der Waals surface area contributed by atoms with Gasteiger partial charge in [-0.2, -0.15) is 16.4 Å². The lowest BCUT2D eigenvalue weighted by Gasteiger charge is -2.05. The zero-order chi connectivity index (χ0) is 15.8. The lowest BCUT2D eigenvalue weighted by atomic mass is 10.1. The zero-order valence-electron chi connectivity index (χ0n) is 12.5. The summed E-state index contributed by atoms with van der Waals surface area (Å²) in [6, 6.07) is 11.9. The maximum absolute atomic E-state index is 6.06. The first kappa shape index (κ1) is 14.4. The van der Waals surface area contributed by atoms with Crippen LogP contribution in [0.4, 0.5) is 0 Å². The van der Waals surface area contributed by atoms with Gasteiger partial charge < -0.3 is 0 Å². The van der Waals surface area contributed by atoms with Crippen LogP contribution in [0.2, 0.25) is 5.02 Å². The first-order valence-electron chi connectivity index (χ1n) is 7.32. The Morgan fingerprint density at radius 3 is 2.87 bits per heavy atom. The maximum Gasteiger partial charge on any atom is 0.154 e. The summed E-state index contributed by atoms with van der Waals surface area (Å²) < 4.78 is 1.93. The van der Waals surface area contributed by atoms with E-state index in [1.54, 1.807) is 11.3 Å². The first-order valence-corrected chi connectivity index (χ1v) is 8.64. The van der Waals surface area contributed by atoms with Crippen LogP contribution in [-0.4, -0.2) is 14.6 Å². The monoisotopic (exact) mass is 339 g/mol. The number of hydrogen-bond acceptors (Lipinski definition) is 3. The van der Waals surface area contributed by atoms with Crippen LogP contribution in [0.15, 0.2) is 53.4 Å². The fourth-order valence-corrected chi connectivity index (χ4v) is 3.72. The number of benzene rings is 1. The average molecular weight is 340 g/mol. The molecule has 4 aromatic rings. The molecule has 23 heavy (non-hydrogen) atoms. The number of nitrogens with zero attached hydrogens (tertiary/aromatic N) is 3. The fourth-order valence-electron chi connectivity index (χ4n) is 2.67. The second-order valence-electron chi connectivity index (χ2n) is 5.51. The third-order valence-corrected chi connectivity index (χ3v) is 4.92. The Balaban J connectivity index is 1.77. The van der Waals surface area contributed by atoms with Crippen LogP contribution in [0.1, 0.15) is 16.8 Å². The van der Waals surface area contributed by atoms with Gasteiger partial charge in [0.25, 0.3) is 0 Å². The van der Waals surface area contributed by atoms with E-state index in [2.05, 4.69) is 28.7 Å². The van der Waals surface area contributed by atoms with Crippen molar-refractivity contribution < 1.29 is 0 Å². The van der Waals surface area contributed by atoms with Crippen LogP contribution in [-0.2, 0) is 6.42 Å². The Kier molecular flexibility index (Phi) is 3.63. The lowest BCUT2D eigenvalue weighted by molar-refractivity contribution is 0.879. The highest BCUT2D eigenvalue weighted by Gasteiger charge is 2.11. The molecule has 5 heteroatoms. The van der Waals surface area contributed by atoms with Crippen LogP contribution in [0, 0.1) is 6.92 Å². The summed E-state index contributed by atoms with van der Waals surface area (Å²) in [5.74, 6) is 0. The van der Waals surface area contributed by atoms with Gasteiger partial charge in [0.05, 0.1) is 17.6 Å². The zero-order valence-corrected chi connectivity index (χ0v) is 14.1. The van der Waals surface area contributed by atoms with Crippen molar-refractivity contribution in [2.75, 3.05) is 0 Å². The summed E-state index contributed by atoms with van der Waals surface area (Å²) in [5, 5.41) is 9.81. The minimum atomic E-state index is 0.747. The van der Waals surface area contributed by atoms with Gasteiger partial charge in [-0.3, -0.25) is 0 Å². The molecule has 1 aromatic carbocycles. The quantitative estimate of drug-likeness (QED) is 0.525. The highest BCUT2D eigenvalue weighted by atomic mass is 35.5. The summed E-state index contributed by atoms with van der Waals surface area (Å²) in [4.78, 5) is 4.46. The van der Waals surface area contributed by atoms with Crippen LogP contribution >= 0.6 is 22.9 Å². The van der Waals surface area contributed by atoms with Gasteiger partial charge in [-0.15, -0.1) is 0 Å². The Morgan fingerprint density at radius 2 is 2.09 bits per heavy atom. The smallest absolute Gasteiger partial charge is 0.154 e. The Morgan fingerprint density at radius 1 is 1.17 bits per heavy atom. The molecule has 114 valence electrons. The molecule has 0 aliphatic carbocycles. The van der Waals surface area contributed by atoms with Crippen molar-refractivity contribution in [2.24, 2.45) is 0 Å². The van der Waals surface area contributed by atoms with Crippen molar-refractivity contribution in [3.8, 4) is 11.3 Å². The van der Waals surface area contributed by atoms with Gasteiger partial charge in [0, 0.05) is 22.4 Å². The second kappa shape index (κ2) is 5.80. The minimum absolute atomic E-state index is 0.747. The number of rotatable bonds is 3. The van der Waals surface area contributed by atoms with Crippen molar-refractivity contribution in [3.05, 3.63) is 75.2 Å². The fraction of sp³-hybridized carbons (Fsp3) is 0.111. The van der Waals surface area contributed by atoms with Gasteiger partial charge in [0.2, 0.25) is 0 Å². The molecule has 0 fully saturated rings. The summed E-state index contributed by atoms with van der Waals surface area (Å²) in [6.45, 7) is 2.11. The number of imidazole rings is 1. The van der Waals surface area contributed by atoms with Crippen LogP contribution < -0.4 is 0 Å². The van der Waals surface area contributed by atoms with E-state index >= 15 is 0 Å². The molecule has 0 aliphatic rings. The molecule has 3 nitrogen and oxygen atoms in total. The van der Waals surface area contributed by atoms with Gasteiger partial charge in [0.15, 0.2) is 5.65 Å². The molecule has 0 amide bonds. The highest BCUT2D eigenvalue weighted by molar-refractivity contribution is 7.08. The molecular weight excluding hydrogens is 326 g/mol. The van der Waals surface area contributed by atoms with Crippen LogP contribution in [0.5, 0.6) is 0 Å². The first-order chi connectivity index (χ1) is 11.2. The Labute approximate surface area is 143 Å². The van der Waals surface area contributed by atoms with Gasteiger partial charge in [0.1, 0.15) is 0 Å². The van der Waals surface area contributed by atoms with Crippen molar-refractivity contribution in [3.63, 3.8) is 0 Å². The molecule has 0 bridgehead atoms. The van der Waals surface area contributed by atoms with E-state index in [9.17, 15) is 0 Å². The molecule has 0 atom stereocenters. The molecule has 0 saturated heterocycles. The SMILES string of the molecule is Cc1cscc1-c1cnc2ccc(Cc3cccc(Cl)c3)nn12. The van der Waals surface area contributed by atoms with E-state index in [1.807, 2.05) is 41.0 Å². The van der Waals surface area contributed by atoms with Crippen molar-refractivity contribution in [1.82, 2.24) is 14.6 Å². The predicted molar refractivity (Wildman–Crippen MR) is 95.3 cm³/mol. The van der Waals surface area contributed by atoms with Gasteiger partial charge in [-0.25, -0.2) is 9.50 Å². The molecule has 0 radical (unpaired) electrons. The van der Waals surface area contributed by atoms with E-state index in [4.69, 9.17) is 16.7 Å². The van der Waals surface area contributed by atoms with Crippen molar-refractivity contribution >= 4 is 28.6 Å². The largest absolute Gasteiger partial charge is 0.235 e. The third-order valence-electron chi connectivity index (χ3n) is 3.82. The standard InChI is InChI=1S/C18H14ClN3S/c1-12-10-23-11-16(12)17-9-20-18-6-5-15(21-22(17)18)8-13-3-2-4-14(19)7-13/h2-7,9-11H,8H2,1H3. The van der Waals surface area contributed by atoms with Crippen LogP contribution in [0.3, 0.4) is 0 Å². The predicted octanol–water partition coefficient (Wildman–Crippen LogP) is 5.01. The molecule has 0 saturated carbocycles. The number of halogens is 1. The van der Waals surface area contributed by atoms with Crippen LogP contribution in [0.25, 0.3) is 16.9 Å². The number of thiophene rings is 1. The molecule has 3 heterocycles. The molecular formula is C18H14ClN3S. The van der Waals surface area contributed by atoms with E-state index in [0.717, 1.165) is 34.0 Å². The molecule has 0 N–H and O–H groups in total. The summed E-state index contributed by atoms with van der Waals surface area (Å²) in [5.41, 5.74) is 6.48. The van der Waals surface area contributed by atoms with Gasteiger partial charge >= 0.3 is 0 Å². The molecule has 3 aromatic heterocycles. The highest BCUT2D eigenvalue weighted by Crippen LogP contribution is 2.27. The normalized spacial score (nSPS) is 11.2. The third kappa shape index (κ3) is 2.76. The molecule has 0 spiro atoms. The molecule has 4 rings (SSSR count). The lowest BCUT2D eigenvalue weighted by Crippen LogP contribution is -2.00. The Hall–Kier alpha value is -2.17. The summed E-state index contributed by atoms with van der Waals surface area (Å²) in [6.07, 6.45) is 2.64. The minimum Gasteiger partial charge on any atom is -0.235 e. The summed E-state index contributed by atoms with van der Waals surface area (Å²) >= 11 is 7.76. The number of hydrogen-bond donors (Lipinski definition) is 0. The second-order valence-corrected chi connectivity index (χ2v) is 6.69. The average Bonchev–Trinajstić information content (AvgIpc) is 3.13. The maximum atomic E-state index is 6.06. The number of fused-ring (bicyclic) bond motifs is 1. The summed E-state index contributed by atoms with van der Waals surface area (Å²) in [7, 11) is 0.